The van der Waals surface area contributed by atoms with Gasteiger partial charge in [0.1, 0.15) is 5.82 Å². The van der Waals surface area contributed by atoms with Crippen molar-refractivity contribution in [2.75, 3.05) is 13.1 Å². The normalized spacial score (nSPS) is 23.6. The topological polar surface area (TPSA) is 98.3 Å². The molecule has 1 aromatic heterocycles. The van der Waals surface area contributed by atoms with Gasteiger partial charge in [0.25, 0.3) is 0 Å². The maximum absolute atomic E-state index is 12.3. The first kappa shape index (κ1) is 15.3. The minimum Gasteiger partial charge on any atom is -0.481 e. The van der Waals surface area contributed by atoms with Crippen LogP contribution in [0.25, 0.3) is 0 Å². The van der Waals surface area contributed by atoms with E-state index in [9.17, 15) is 14.7 Å². The van der Waals surface area contributed by atoms with Crippen LogP contribution in [-0.2, 0) is 4.79 Å². The fraction of sp³-hybridized carbons (Fsp3) is 0.643. The largest absolute Gasteiger partial charge is 0.481 e. The zero-order valence-electron chi connectivity index (χ0n) is 12.4. The number of carboxylic acids is 1. The lowest BCUT2D eigenvalue weighted by Crippen LogP contribution is -2.52. The van der Waals surface area contributed by atoms with E-state index in [1.807, 2.05) is 13.8 Å². The second-order valence-corrected chi connectivity index (χ2v) is 5.61. The summed E-state index contributed by atoms with van der Waals surface area (Å²) < 4.78 is 0. The zero-order chi connectivity index (χ0) is 15.5. The lowest BCUT2D eigenvalue weighted by molar-refractivity contribution is -0.152. The number of carboxylic acid groups (broad SMARTS) is 1. The molecule has 2 unspecified atom stereocenters. The minimum absolute atomic E-state index is 0.238. The van der Waals surface area contributed by atoms with Gasteiger partial charge in [-0.15, -0.1) is 0 Å². The fourth-order valence-corrected chi connectivity index (χ4v) is 2.78. The Bertz CT molecular complexity index is 502. The SMILES string of the molecule is CCC1(C(=O)O)CCCN(C(=O)NC(C)c2ncc[nH]2)C1. The highest BCUT2D eigenvalue weighted by molar-refractivity contribution is 5.79. The van der Waals surface area contributed by atoms with Crippen LogP contribution < -0.4 is 5.32 Å². The molecule has 0 spiro atoms. The van der Waals surface area contributed by atoms with Gasteiger partial charge in [0, 0.05) is 25.5 Å². The van der Waals surface area contributed by atoms with Crippen LogP contribution >= 0.6 is 0 Å². The molecule has 0 aliphatic carbocycles. The summed E-state index contributed by atoms with van der Waals surface area (Å²) in [5.41, 5.74) is -0.816. The molecule has 1 aromatic rings. The highest BCUT2D eigenvalue weighted by Gasteiger charge is 2.42. The first-order chi connectivity index (χ1) is 9.98. The second-order valence-electron chi connectivity index (χ2n) is 5.61. The molecule has 1 fully saturated rings. The van der Waals surface area contributed by atoms with Gasteiger partial charge in [-0.3, -0.25) is 4.79 Å². The standard InChI is InChI=1S/C14H22N4O3/c1-3-14(12(19)20)5-4-8-18(9-14)13(21)17-10(2)11-15-6-7-16-11/h6-7,10H,3-5,8-9H2,1-2H3,(H,15,16)(H,17,21)(H,19,20). The minimum atomic E-state index is -0.818. The van der Waals surface area contributed by atoms with Crippen molar-refractivity contribution in [3.8, 4) is 0 Å². The average Bonchev–Trinajstić information content (AvgIpc) is 3.01. The third-order valence-electron chi connectivity index (χ3n) is 4.26. The van der Waals surface area contributed by atoms with Gasteiger partial charge in [-0.05, 0) is 26.2 Å². The molecular weight excluding hydrogens is 272 g/mol. The first-order valence-electron chi connectivity index (χ1n) is 7.26. The van der Waals surface area contributed by atoms with Crippen molar-refractivity contribution in [1.82, 2.24) is 20.2 Å². The van der Waals surface area contributed by atoms with Crippen molar-refractivity contribution in [3.63, 3.8) is 0 Å². The molecule has 21 heavy (non-hydrogen) atoms. The number of carbonyl (C=O) groups excluding carboxylic acids is 1. The van der Waals surface area contributed by atoms with Crippen LogP contribution in [0.4, 0.5) is 4.79 Å². The van der Waals surface area contributed by atoms with E-state index in [0.717, 1.165) is 0 Å². The van der Waals surface area contributed by atoms with Gasteiger partial charge in [0.15, 0.2) is 0 Å². The van der Waals surface area contributed by atoms with Gasteiger partial charge < -0.3 is 20.3 Å². The van der Waals surface area contributed by atoms with Crippen molar-refractivity contribution < 1.29 is 14.7 Å². The van der Waals surface area contributed by atoms with Crippen molar-refractivity contribution in [1.29, 1.82) is 0 Å². The van der Waals surface area contributed by atoms with Crippen LogP contribution in [0.15, 0.2) is 12.4 Å². The summed E-state index contributed by atoms with van der Waals surface area (Å²) >= 11 is 0. The second kappa shape index (κ2) is 6.15. The summed E-state index contributed by atoms with van der Waals surface area (Å²) in [5, 5.41) is 12.3. The predicted octanol–water partition coefficient (Wildman–Crippen LogP) is 1.76. The van der Waals surface area contributed by atoms with Crippen LogP contribution in [0, 0.1) is 5.41 Å². The Kier molecular flexibility index (Phi) is 4.50. The molecule has 0 bridgehead atoms. The number of nitrogens with one attached hydrogen (secondary N) is 2. The monoisotopic (exact) mass is 294 g/mol. The summed E-state index contributed by atoms with van der Waals surface area (Å²) in [6.45, 7) is 4.55. The Morgan fingerprint density at radius 1 is 1.62 bits per heavy atom. The number of piperidine rings is 1. The molecule has 3 N–H and O–H groups in total. The Morgan fingerprint density at radius 2 is 2.38 bits per heavy atom. The molecule has 7 heteroatoms. The highest BCUT2D eigenvalue weighted by Crippen LogP contribution is 2.33. The summed E-state index contributed by atoms with van der Waals surface area (Å²) in [5.74, 6) is -0.137. The lowest BCUT2D eigenvalue weighted by atomic mass is 9.78. The number of likely N-dealkylation sites (tertiary alicyclic amines) is 1. The molecule has 1 aliphatic rings. The van der Waals surface area contributed by atoms with Crippen molar-refractivity contribution >= 4 is 12.0 Å². The Hall–Kier alpha value is -2.05. The maximum atomic E-state index is 12.3. The molecule has 2 rings (SSSR count). The zero-order valence-corrected chi connectivity index (χ0v) is 12.4. The number of nitrogens with zero attached hydrogens (tertiary/aromatic N) is 2. The van der Waals surface area contributed by atoms with Gasteiger partial charge >= 0.3 is 12.0 Å². The molecule has 2 atom stereocenters. The number of hydrogen-bond acceptors (Lipinski definition) is 3. The predicted molar refractivity (Wildman–Crippen MR) is 76.7 cm³/mol. The highest BCUT2D eigenvalue weighted by atomic mass is 16.4. The molecule has 1 aliphatic heterocycles. The molecule has 0 radical (unpaired) electrons. The fourth-order valence-electron chi connectivity index (χ4n) is 2.78. The number of H-pyrrole nitrogens is 1. The molecule has 0 aromatic carbocycles. The van der Waals surface area contributed by atoms with Crippen LogP contribution in [0.3, 0.4) is 0 Å². The molecule has 2 amide bonds. The van der Waals surface area contributed by atoms with Gasteiger partial charge in [-0.1, -0.05) is 6.92 Å². The Morgan fingerprint density at radius 3 is 2.95 bits per heavy atom. The summed E-state index contributed by atoms with van der Waals surface area (Å²) in [6.07, 6.45) is 5.19. The number of hydrogen-bond donors (Lipinski definition) is 3. The van der Waals surface area contributed by atoms with Crippen LogP contribution in [0.1, 0.15) is 45.0 Å². The van der Waals surface area contributed by atoms with Crippen LogP contribution in [0.5, 0.6) is 0 Å². The lowest BCUT2D eigenvalue weighted by Gasteiger charge is -2.39. The van der Waals surface area contributed by atoms with E-state index < -0.39 is 11.4 Å². The van der Waals surface area contributed by atoms with Gasteiger partial charge in [-0.2, -0.15) is 0 Å². The number of aromatic nitrogens is 2. The molecule has 7 nitrogen and oxygen atoms in total. The molecule has 2 heterocycles. The van der Waals surface area contributed by atoms with Gasteiger partial charge in [0.2, 0.25) is 0 Å². The van der Waals surface area contributed by atoms with Crippen molar-refractivity contribution in [3.05, 3.63) is 18.2 Å². The number of aliphatic carboxylic acids is 1. The van der Waals surface area contributed by atoms with Crippen molar-refractivity contribution in [2.24, 2.45) is 5.41 Å². The van der Waals surface area contributed by atoms with E-state index in [-0.39, 0.29) is 18.6 Å². The number of amides is 2. The molecule has 116 valence electrons. The maximum Gasteiger partial charge on any atom is 0.318 e. The number of carbonyl (C=O) groups is 2. The van der Waals surface area contributed by atoms with Crippen LogP contribution in [-0.4, -0.2) is 45.1 Å². The number of imidazole rings is 1. The number of aromatic amines is 1. The number of rotatable bonds is 4. The third-order valence-corrected chi connectivity index (χ3v) is 4.26. The summed E-state index contributed by atoms with van der Waals surface area (Å²) in [6, 6.07) is -0.479. The summed E-state index contributed by atoms with van der Waals surface area (Å²) in [7, 11) is 0. The van der Waals surface area contributed by atoms with E-state index in [4.69, 9.17) is 0 Å². The quantitative estimate of drug-likeness (QED) is 0.788. The van der Waals surface area contributed by atoms with E-state index >= 15 is 0 Å². The Balaban J connectivity index is 2.01. The first-order valence-corrected chi connectivity index (χ1v) is 7.26. The average molecular weight is 294 g/mol. The van der Waals surface area contributed by atoms with E-state index in [0.29, 0.717) is 31.6 Å². The molecular formula is C14H22N4O3. The van der Waals surface area contributed by atoms with Crippen molar-refractivity contribution in [2.45, 2.75) is 39.2 Å². The molecule has 1 saturated heterocycles. The molecule has 0 saturated carbocycles. The number of urea groups is 1. The van der Waals surface area contributed by atoms with E-state index in [2.05, 4.69) is 15.3 Å². The van der Waals surface area contributed by atoms with Crippen LogP contribution in [0.2, 0.25) is 0 Å². The van der Waals surface area contributed by atoms with E-state index in [1.54, 1.807) is 17.3 Å². The smallest absolute Gasteiger partial charge is 0.318 e. The van der Waals surface area contributed by atoms with Gasteiger partial charge in [-0.25, -0.2) is 9.78 Å². The van der Waals surface area contributed by atoms with Gasteiger partial charge in [0.05, 0.1) is 11.5 Å². The summed E-state index contributed by atoms with van der Waals surface area (Å²) in [4.78, 5) is 32.5. The van der Waals surface area contributed by atoms with E-state index in [1.165, 1.54) is 0 Å². The third kappa shape index (κ3) is 3.17. The Labute approximate surface area is 123 Å².